The van der Waals surface area contributed by atoms with E-state index in [-0.39, 0.29) is 12.5 Å². The molecule has 1 amide bonds. The summed E-state index contributed by atoms with van der Waals surface area (Å²) < 4.78 is 2.01. The van der Waals surface area contributed by atoms with Crippen molar-refractivity contribution in [3.8, 4) is 0 Å². The van der Waals surface area contributed by atoms with E-state index in [1.165, 1.54) is 5.56 Å². The molecule has 3 aromatic rings. The van der Waals surface area contributed by atoms with Gasteiger partial charge in [-0.3, -0.25) is 4.79 Å². The number of aliphatic hydroxyl groups is 1. The molecule has 1 aromatic heterocycles. The predicted octanol–water partition coefficient (Wildman–Crippen LogP) is 2.93. The van der Waals surface area contributed by atoms with Crippen molar-refractivity contribution in [2.24, 2.45) is 5.92 Å². The van der Waals surface area contributed by atoms with Crippen LogP contribution in [-0.2, 0) is 24.4 Å². The SMILES string of the molecule is Cc1nc2ccccc2n1CC(=O)N1CC[C@@H](Cc2cccc(CO)c2)C1. The zero-order chi connectivity index (χ0) is 18.8. The zero-order valence-corrected chi connectivity index (χ0v) is 15.6. The normalized spacial score (nSPS) is 17.0. The molecule has 1 N–H and O–H groups in total. The van der Waals surface area contributed by atoms with Gasteiger partial charge in [0.05, 0.1) is 17.6 Å². The van der Waals surface area contributed by atoms with E-state index < -0.39 is 0 Å². The average Bonchev–Trinajstić information content (AvgIpc) is 3.27. The van der Waals surface area contributed by atoms with E-state index in [9.17, 15) is 9.90 Å². The van der Waals surface area contributed by atoms with Gasteiger partial charge in [-0.1, -0.05) is 36.4 Å². The summed E-state index contributed by atoms with van der Waals surface area (Å²) in [6.45, 7) is 3.98. The standard InChI is InChI=1S/C22H25N3O2/c1-16-23-20-7-2-3-8-21(20)25(16)14-22(27)24-10-9-18(13-24)11-17-5-4-6-19(12-17)15-26/h2-8,12,18,26H,9-11,13-15H2,1H3/t18-/m0/s1. The Bertz CT molecular complexity index is 963. The van der Waals surface area contributed by atoms with Crippen molar-refractivity contribution in [3.05, 3.63) is 65.5 Å². The van der Waals surface area contributed by atoms with E-state index in [4.69, 9.17) is 0 Å². The number of nitrogens with zero attached hydrogens (tertiary/aromatic N) is 3. The lowest BCUT2D eigenvalue weighted by atomic mass is 9.97. The molecule has 0 unspecified atom stereocenters. The summed E-state index contributed by atoms with van der Waals surface area (Å²) in [5.74, 6) is 1.51. The number of carbonyl (C=O) groups excluding carboxylic acids is 1. The Kier molecular flexibility index (Phi) is 4.94. The molecule has 5 heteroatoms. The molecule has 0 saturated carbocycles. The van der Waals surface area contributed by atoms with Crippen LogP contribution in [0.2, 0.25) is 0 Å². The second kappa shape index (κ2) is 7.53. The van der Waals surface area contributed by atoms with Crippen LogP contribution in [0, 0.1) is 12.8 Å². The molecule has 140 valence electrons. The number of para-hydroxylation sites is 2. The Labute approximate surface area is 159 Å². The molecule has 1 fully saturated rings. The number of fused-ring (bicyclic) bond motifs is 1. The highest BCUT2D eigenvalue weighted by Gasteiger charge is 2.27. The Morgan fingerprint density at radius 2 is 2.00 bits per heavy atom. The highest BCUT2D eigenvalue weighted by molar-refractivity contribution is 5.81. The number of hydrogen-bond donors (Lipinski definition) is 1. The van der Waals surface area contributed by atoms with Crippen LogP contribution in [0.25, 0.3) is 11.0 Å². The van der Waals surface area contributed by atoms with Gasteiger partial charge in [0, 0.05) is 13.1 Å². The van der Waals surface area contributed by atoms with E-state index in [2.05, 4.69) is 17.1 Å². The third-order valence-corrected chi connectivity index (χ3v) is 5.48. The molecule has 0 bridgehead atoms. The van der Waals surface area contributed by atoms with Crippen molar-refractivity contribution in [2.45, 2.75) is 32.9 Å². The second-order valence-electron chi connectivity index (χ2n) is 7.41. The highest BCUT2D eigenvalue weighted by Crippen LogP contribution is 2.23. The Morgan fingerprint density at radius 1 is 1.19 bits per heavy atom. The number of carbonyl (C=O) groups is 1. The third kappa shape index (κ3) is 3.74. The minimum Gasteiger partial charge on any atom is -0.392 e. The van der Waals surface area contributed by atoms with Crippen LogP contribution in [0.1, 0.15) is 23.4 Å². The molecule has 1 saturated heterocycles. The highest BCUT2D eigenvalue weighted by atomic mass is 16.3. The first kappa shape index (κ1) is 17.7. The van der Waals surface area contributed by atoms with Gasteiger partial charge in [0.1, 0.15) is 12.4 Å². The van der Waals surface area contributed by atoms with Crippen LogP contribution in [-0.4, -0.2) is 38.6 Å². The number of rotatable bonds is 5. The molecular weight excluding hydrogens is 338 g/mol. The van der Waals surface area contributed by atoms with Crippen LogP contribution in [0.3, 0.4) is 0 Å². The summed E-state index contributed by atoms with van der Waals surface area (Å²) in [5.41, 5.74) is 4.13. The molecule has 0 radical (unpaired) electrons. The second-order valence-corrected chi connectivity index (χ2v) is 7.41. The Hall–Kier alpha value is -2.66. The minimum atomic E-state index is 0.0708. The monoisotopic (exact) mass is 363 g/mol. The fraction of sp³-hybridized carbons (Fsp3) is 0.364. The van der Waals surface area contributed by atoms with E-state index in [1.807, 2.05) is 52.8 Å². The zero-order valence-electron chi connectivity index (χ0n) is 15.6. The molecule has 1 aliphatic heterocycles. The predicted molar refractivity (Wildman–Crippen MR) is 105 cm³/mol. The maximum atomic E-state index is 12.9. The molecule has 4 rings (SSSR count). The first-order valence-corrected chi connectivity index (χ1v) is 9.52. The summed E-state index contributed by atoms with van der Waals surface area (Å²) in [4.78, 5) is 19.4. The van der Waals surface area contributed by atoms with Crippen LogP contribution in [0.15, 0.2) is 48.5 Å². The quantitative estimate of drug-likeness (QED) is 0.758. The van der Waals surface area contributed by atoms with Gasteiger partial charge in [0.25, 0.3) is 0 Å². The Balaban J connectivity index is 1.41. The fourth-order valence-electron chi connectivity index (χ4n) is 4.04. The largest absolute Gasteiger partial charge is 0.392 e. The van der Waals surface area contributed by atoms with E-state index in [0.29, 0.717) is 12.5 Å². The lowest BCUT2D eigenvalue weighted by molar-refractivity contribution is -0.130. The molecule has 0 aliphatic carbocycles. The Morgan fingerprint density at radius 3 is 2.85 bits per heavy atom. The maximum Gasteiger partial charge on any atom is 0.242 e. The summed E-state index contributed by atoms with van der Waals surface area (Å²) in [5, 5.41) is 9.30. The molecule has 5 nitrogen and oxygen atoms in total. The van der Waals surface area contributed by atoms with Crippen molar-refractivity contribution in [1.82, 2.24) is 14.5 Å². The number of benzene rings is 2. The van der Waals surface area contributed by atoms with Gasteiger partial charge >= 0.3 is 0 Å². The number of hydrogen-bond acceptors (Lipinski definition) is 3. The lowest BCUT2D eigenvalue weighted by Crippen LogP contribution is -2.32. The van der Waals surface area contributed by atoms with Crippen molar-refractivity contribution in [3.63, 3.8) is 0 Å². The first-order valence-electron chi connectivity index (χ1n) is 9.52. The summed E-state index contributed by atoms with van der Waals surface area (Å²) in [6, 6.07) is 16.0. The smallest absolute Gasteiger partial charge is 0.242 e. The van der Waals surface area contributed by atoms with Crippen LogP contribution in [0.4, 0.5) is 0 Å². The van der Waals surface area contributed by atoms with Gasteiger partial charge < -0.3 is 14.6 Å². The first-order chi connectivity index (χ1) is 13.1. The summed E-state index contributed by atoms with van der Waals surface area (Å²) >= 11 is 0. The molecule has 1 atom stereocenters. The van der Waals surface area contributed by atoms with Gasteiger partial charge in [-0.2, -0.15) is 0 Å². The maximum absolute atomic E-state index is 12.9. The van der Waals surface area contributed by atoms with E-state index in [1.54, 1.807) is 0 Å². The van der Waals surface area contributed by atoms with Gasteiger partial charge in [0.2, 0.25) is 5.91 Å². The number of aryl methyl sites for hydroxylation is 1. The van der Waals surface area contributed by atoms with Crippen molar-refractivity contribution in [1.29, 1.82) is 0 Å². The van der Waals surface area contributed by atoms with E-state index in [0.717, 1.165) is 48.4 Å². The van der Waals surface area contributed by atoms with Gasteiger partial charge in [0.15, 0.2) is 0 Å². The fourth-order valence-corrected chi connectivity index (χ4v) is 4.04. The van der Waals surface area contributed by atoms with Gasteiger partial charge in [-0.15, -0.1) is 0 Å². The number of imidazole rings is 1. The molecular formula is C22H25N3O2. The van der Waals surface area contributed by atoms with Gasteiger partial charge in [-0.25, -0.2) is 4.98 Å². The van der Waals surface area contributed by atoms with Crippen molar-refractivity contribution < 1.29 is 9.90 Å². The summed E-state index contributed by atoms with van der Waals surface area (Å²) in [7, 11) is 0. The van der Waals surface area contributed by atoms with Crippen molar-refractivity contribution >= 4 is 16.9 Å². The lowest BCUT2D eigenvalue weighted by Gasteiger charge is -2.18. The van der Waals surface area contributed by atoms with Crippen LogP contribution < -0.4 is 0 Å². The molecule has 2 heterocycles. The third-order valence-electron chi connectivity index (χ3n) is 5.48. The van der Waals surface area contributed by atoms with Gasteiger partial charge in [-0.05, 0) is 48.9 Å². The molecule has 27 heavy (non-hydrogen) atoms. The molecule has 0 spiro atoms. The summed E-state index contributed by atoms with van der Waals surface area (Å²) in [6.07, 6.45) is 1.98. The number of amides is 1. The number of aromatic nitrogens is 2. The van der Waals surface area contributed by atoms with Crippen molar-refractivity contribution in [2.75, 3.05) is 13.1 Å². The van der Waals surface area contributed by atoms with E-state index >= 15 is 0 Å². The van der Waals surface area contributed by atoms with Crippen LogP contribution in [0.5, 0.6) is 0 Å². The number of aliphatic hydroxyl groups excluding tert-OH is 1. The molecule has 2 aromatic carbocycles. The average molecular weight is 363 g/mol. The minimum absolute atomic E-state index is 0.0708. The topological polar surface area (TPSA) is 58.4 Å². The molecule has 1 aliphatic rings. The van der Waals surface area contributed by atoms with Crippen LogP contribution >= 0.6 is 0 Å². The number of likely N-dealkylation sites (tertiary alicyclic amines) is 1.